The highest BCUT2D eigenvalue weighted by molar-refractivity contribution is 5.76. The Morgan fingerprint density at radius 1 is 1.47 bits per heavy atom. The topological polar surface area (TPSA) is 47.4 Å². The zero-order valence-electron chi connectivity index (χ0n) is 8.80. The van der Waals surface area contributed by atoms with Gasteiger partial charge in [0.15, 0.2) is 0 Å². The van der Waals surface area contributed by atoms with Crippen LogP contribution in [0.5, 0.6) is 0 Å². The number of hydrogen-bond donors (Lipinski definition) is 0. The van der Waals surface area contributed by atoms with E-state index in [1.54, 1.807) is 19.5 Å². The Balaban J connectivity index is 1.93. The molecule has 2 rings (SSSR count). The molecule has 0 bridgehead atoms. The van der Waals surface area contributed by atoms with Crippen LogP contribution in [0.25, 0.3) is 0 Å². The van der Waals surface area contributed by atoms with Crippen molar-refractivity contribution in [1.82, 2.24) is 14.5 Å². The fraction of sp³-hybridized carbons (Fsp3) is 0.600. The largest absolute Gasteiger partial charge is 0.381 e. The predicted octanol–water partition coefficient (Wildman–Crippen LogP) is 0.962. The molecule has 1 saturated heterocycles. The van der Waals surface area contributed by atoms with E-state index in [1.807, 2.05) is 4.90 Å². The SMILES string of the molecule is COC1CCN(C(=O)n2ccnc2)CC1. The molecular weight excluding hydrogens is 194 g/mol. The van der Waals surface area contributed by atoms with Crippen molar-refractivity contribution >= 4 is 6.03 Å². The molecule has 1 aliphatic rings. The predicted molar refractivity (Wildman–Crippen MR) is 54.6 cm³/mol. The smallest absolute Gasteiger partial charge is 0.329 e. The number of imidazole rings is 1. The minimum Gasteiger partial charge on any atom is -0.381 e. The highest BCUT2D eigenvalue weighted by Gasteiger charge is 2.22. The van der Waals surface area contributed by atoms with Gasteiger partial charge < -0.3 is 9.64 Å². The Morgan fingerprint density at radius 3 is 2.73 bits per heavy atom. The lowest BCUT2D eigenvalue weighted by molar-refractivity contribution is 0.0505. The summed E-state index contributed by atoms with van der Waals surface area (Å²) in [5, 5.41) is 0. The third-order valence-electron chi connectivity index (χ3n) is 2.77. The van der Waals surface area contributed by atoms with Gasteiger partial charge in [-0.3, -0.25) is 4.57 Å². The number of rotatable bonds is 1. The lowest BCUT2D eigenvalue weighted by atomic mass is 10.1. The molecule has 0 N–H and O–H groups in total. The van der Waals surface area contributed by atoms with Crippen molar-refractivity contribution in [3.8, 4) is 0 Å². The molecule has 5 nitrogen and oxygen atoms in total. The summed E-state index contributed by atoms with van der Waals surface area (Å²) >= 11 is 0. The summed E-state index contributed by atoms with van der Waals surface area (Å²) in [6.45, 7) is 1.52. The van der Waals surface area contributed by atoms with Gasteiger partial charge in [-0.25, -0.2) is 9.78 Å². The first-order valence-electron chi connectivity index (χ1n) is 5.11. The molecule has 1 amide bonds. The molecule has 1 aromatic rings. The van der Waals surface area contributed by atoms with Crippen molar-refractivity contribution in [2.45, 2.75) is 18.9 Å². The molecule has 0 spiro atoms. The van der Waals surface area contributed by atoms with Crippen molar-refractivity contribution in [1.29, 1.82) is 0 Å². The number of ether oxygens (including phenoxy) is 1. The summed E-state index contributed by atoms with van der Waals surface area (Å²) in [6, 6.07) is 0.00190. The Kier molecular flexibility index (Phi) is 3.01. The molecule has 15 heavy (non-hydrogen) atoms. The van der Waals surface area contributed by atoms with Crippen LogP contribution in [0.15, 0.2) is 18.7 Å². The molecule has 2 heterocycles. The van der Waals surface area contributed by atoms with Crippen molar-refractivity contribution in [3.63, 3.8) is 0 Å². The fourth-order valence-corrected chi connectivity index (χ4v) is 1.82. The van der Waals surface area contributed by atoms with Crippen molar-refractivity contribution in [3.05, 3.63) is 18.7 Å². The molecule has 0 atom stereocenters. The van der Waals surface area contributed by atoms with Gasteiger partial charge in [0.25, 0.3) is 0 Å². The normalized spacial score (nSPS) is 18.1. The van der Waals surface area contributed by atoms with Crippen molar-refractivity contribution in [2.24, 2.45) is 0 Å². The molecule has 5 heteroatoms. The number of amides is 1. The Labute approximate surface area is 88.7 Å². The van der Waals surface area contributed by atoms with Crippen molar-refractivity contribution < 1.29 is 9.53 Å². The average molecular weight is 209 g/mol. The monoisotopic (exact) mass is 209 g/mol. The molecule has 0 unspecified atom stereocenters. The molecule has 0 saturated carbocycles. The third-order valence-corrected chi connectivity index (χ3v) is 2.77. The Hall–Kier alpha value is -1.36. The van der Waals surface area contributed by atoms with E-state index in [-0.39, 0.29) is 6.03 Å². The lowest BCUT2D eigenvalue weighted by Gasteiger charge is -2.30. The van der Waals surface area contributed by atoms with Gasteiger partial charge in [0.05, 0.1) is 6.10 Å². The van der Waals surface area contributed by atoms with Gasteiger partial charge >= 0.3 is 6.03 Å². The first kappa shape index (κ1) is 10.2. The van der Waals surface area contributed by atoms with E-state index in [0.717, 1.165) is 25.9 Å². The quantitative estimate of drug-likeness (QED) is 0.692. The van der Waals surface area contributed by atoms with Gasteiger partial charge in [-0.15, -0.1) is 0 Å². The van der Waals surface area contributed by atoms with Crippen LogP contribution in [0.4, 0.5) is 4.79 Å². The summed E-state index contributed by atoms with van der Waals surface area (Å²) in [7, 11) is 1.72. The number of hydrogen-bond acceptors (Lipinski definition) is 3. The number of carbonyl (C=O) groups excluding carboxylic acids is 1. The molecular formula is C10H15N3O2. The molecule has 82 valence electrons. The number of piperidine rings is 1. The molecule has 1 aromatic heterocycles. The van der Waals surface area contributed by atoms with Gasteiger partial charge in [0.1, 0.15) is 6.33 Å². The zero-order valence-corrected chi connectivity index (χ0v) is 8.80. The first-order valence-corrected chi connectivity index (χ1v) is 5.11. The number of methoxy groups -OCH3 is 1. The van der Waals surface area contributed by atoms with Crippen LogP contribution in [0, 0.1) is 0 Å². The Morgan fingerprint density at radius 2 is 2.20 bits per heavy atom. The van der Waals surface area contributed by atoms with E-state index in [9.17, 15) is 4.79 Å². The van der Waals surface area contributed by atoms with E-state index in [2.05, 4.69) is 4.98 Å². The fourth-order valence-electron chi connectivity index (χ4n) is 1.82. The van der Waals surface area contributed by atoms with Gasteiger partial charge in [-0.05, 0) is 12.8 Å². The lowest BCUT2D eigenvalue weighted by Crippen LogP contribution is -2.42. The standard InChI is InChI=1S/C10H15N3O2/c1-15-9-2-5-12(6-3-9)10(14)13-7-4-11-8-13/h4,7-9H,2-3,5-6H2,1H3. The van der Waals surface area contributed by atoms with Crippen LogP contribution in [-0.2, 0) is 4.74 Å². The minimum atomic E-state index is 0.00190. The van der Waals surface area contributed by atoms with E-state index >= 15 is 0 Å². The highest BCUT2D eigenvalue weighted by Crippen LogP contribution is 2.13. The van der Waals surface area contributed by atoms with E-state index in [4.69, 9.17) is 4.74 Å². The zero-order chi connectivity index (χ0) is 10.7. The summed E-state index contributed by atoms with van der Waals surface area (Å²) in [5.41, 5.74) is 0. The summed E-state index contributed by atoms with van der Waals surface area (Å²) in [6.07, 6.45) is 6.94. The third kappa shape index (κ3) is 2.18. The first-order chi connectivity index (χ1) is 7.31. The molecule has 1 fully saturated rings. The number of nitrogens with zero attached hydrogens (tertiary/aromatic N) is 3. The minimum absolute atomic E-state index is 0.00190. The van der Waals surface area contributed by atoms with Gasteiger partial charge in [-0.1, -0.05) is 0 Å². The van der Waals surface area contributed by atoms with Crippen LogP contribution in [-0.4, -0.2) is 46.8 Å². The van der Waals surface area contributed by atoms with Gasteiger partial charge in [0, 0.05) is 32.6 Å². The molecule has 0 radical (unpaired) electrons. The van der Waals surface area contributed by atoms with E-state index in [1.165, 1.54) is 10.9 Å². The molecule has 1 aliphatic heterocycles. The maximum atomic E-state index is 11.9. The van der Waals surface area contributed by atoms with Crippen LogP contribution in [0.1, 0.15) is 12.8 Å². The number of aromatic nitrogens is 2. The van der Waals surface area contributed by atoms with Crippen LogP contribution in [0.2, 0.25) is 0 Å². The second kappa shape index (κ2) is 4.44. The summed E-state index contributed by atoms with van der Waals surface area (Å²) in [4.78, 5) is 17.6. The van der Waals surface area contributed by atoms with Crippen LogP contribution in [0.3, 0.4) is 0 Å². The van der Waals surface area contributed by atoms with Crippen molar-refractivity contribution in [2.75, 3.05) is 20.2 Å². The van der Waals surface area contributed by atoms with Gasteiger partial charge in [-0.2, -0.15) is 0 Å². The summed E-state index contributed by atoms with van der Waals surface area (Å²) in [5.74, 6) is 0. The van der Waals surface area contributed by atoms with Crippen LogP contribution >= 0.6 is 0 Å². The molecule has 0 aromatic carbocycles. The second-order valence-electron chi connectivity index (χ2n) is 3.67. The number of likely N-dealkylation sites (tertiary alicyclic amines) is 1. The maximum absolute atomic E-state index is 11.9. The maximum Gasteiger partial charge on any atom is 0.329 e. The van der Waals surface area contributed by atoms with E-state index < -0.39 is 0 Å². The second-order valence-corrected chi connectivity index (χ2v) is 3.67. The van der Waals surface area contributed by atoms with Crippen LogP contribution < -0.4 is 0 Å². The van der Waals surface area contributed by atoms with E-state index in [0.29, 0.717) is 6.10 Å². The number of carbonyl (C=O) groups is 1. The van der Waals surface area contributed by atoms with Gasteiger partial charge in [0.2, 0.25) is 0 Å². The highest BCUT2D eigenvalue weighted by atomic mass is 16.5. The Bertz CT molecular complexity index is 315. The summed E-state index contributed by atoms with van der Waals surface area (Å²) < 4.78 is 6.76. The average Bonchev–Trinajstić information content (AvgIpc) is 2.82. The molecule has 0 aliphatic carbocycles.